The highest BCUT2D eigenvalue weighted by molar-refractivity contribution is 6.30. The van der Waals surface area contributed by atoms with Crippen molar-refractivity contribution in [3.8, 4) is 0 Å². The zero-order chi connectivity index (χ0) is 7.56. The van der Waals surface area contributed by atoms with Crippen molar-refractivity contribution in [1.82, 2.24) is 0 Å². The van der Waals surface area contributed by atoms with E-state index in [-0.39, 0.29) is 0 Å². The quantitative estimate of drug-likeness (QED) is 0.546. The van der Waals surface area contributed by atoms with E-state index in [9.17, 15) is 0 Å². The number of hydrogen-bond donors (Lipinski definition) is 0. The number of hydrogen-bond acceptors (Lipinski definition) is 0. The molecule has 1 atom stereocenters. The van der Waals surface area contributed by atoms with Crippen LogP contribution in [0.4, 0.5) is 0 Å². The van der Waals surface area contributed by atoms with Crippen LogP contribution in [0.5, 0.6) is 0 Å². The molecule has 0 aromatic carbocycles. The minimum atomic E-state index is 0.742. The van der Waals surface area contributed by atoms with E-state index < -0.39 is 0 Å². The van der Waals surface area contributed by atoms with E-state index >= 15 is 0 Å². The lowest BCUT2D eigenvalue weighted by Crippen LogP contribution is -2.05. The fourth-order valence-electron chi connectivity index (χ4n) is 1.71. The van der Waals surface area contributed by atoms with Gasteiger partial charge >= 0.3 is 0 Å². The fraction of sp³-hybridized carbons (Fsp3) is 0.778. The monoisotopic (exact) mass is 158 g/mol. The van der Waals surface area contributed by atoms with Crippen molar-refractivity contribution in [1.29, 1.82) is 0 Å². The molecule has 0 saturated heterocycles. The molecule has 58 valence electrons. The maximum Gasteiger partial charge on any atom is 0.0175 e. The average molecular weight is 159 g/mol. The van der Waals surface area contributed by atoms with Gasteiger partial charge in [0.15, 0.2) is 0 Å². The van der Waals surface area contributed by atoms with Crippen molar-refractivity contribution >= 4 is 11.6 Å². The van der Waals surface area contributed by atoms with Crippen molar-refractivity contribution in [3.63, 3.8) is 0 Å². The Balaban J connectivity index is 2.73. The Labute approximate surface area is 68.3 Å². The summed E-state index contributed by atoms with van der Waals surface area (Å²) in [5.41, 5.74) is 1.49. The Kier molecular flexibility index (Phi) is 2.79. The molecule has 0 aliphatic heterocycles. The molecule has 0 unspecified atom stereocenters. The second kappa shape index (κ2) is 3.43. The molecule has 0 heterocycles. The van der Waals surface area contributed by atoms with E-state index in [1.165, 1.54) is 18.4 Å². The lowest BCUT2D eigenvalue weighted by atomic mass is 9.88. The average Bonchev–Trinajstić information content (AvgIpc) is 1.88. The topological polar surface area (TPSA) is 0 Å². The summed E-state index contributed by atoms with van der Waals surface area (Å²) in [6, 6.07) is 0. The van der Waals surface area contributed by atoms with Crippen LogP contribution in [-0.4, -0.2) is 0 Å². The molecule has 0 aromatic rings. The van der Waals surface area contributed by atoms with Crippen molar-refractivity contribution < 1.29 is 0 Å². The van der Waals surface area contributed by atoms with Crippen LogP contribution in [0.3, 0.4) is 0 Å². The summed E-state index contributed by atoms with van der Waals surface area (Å²) in [5.74, 6) is 0.742. The van der Waals surface area contributed by atoms with Crippen LogP contribution in [0, 0.1) is 5.92 Å². The summed E-state index contributed by atoms with van der Waals surface area (Å²) in [6.45, 7) is 4.47. The lowest BCUT2D eigenvalue weighted by Gasteiger charge is -2.21. The van der Waals surface area contributed by atoms with Gasteiger partial charge in [-0.1, -0.05) is 31.0 Å². The Hall–Kier alpha value is 0.0300. The van der Waals surface area contributed by atoms with Crippen LogP contribution >= 0.6 is 11.6 Å². The summed E-state index contributed by atoms with van der Waals surface area (Å²) < 4.78 is 0. The molecule has 0 nitrogen and oxygen atoms in total. The Morgan fingerprint density at radius 3 is 2.70 bits per heavy atom. The van der Waals surface area contributed by atoms with Crippen LogP contribution < -0.4 is 0 Å². The van der Waals surface area contributed by atoms with Crippen LogP contribution in [0.25, 0.3) is 0 Å². The molecule has 10 heavy (non-hydrogen) atoms. The van der Waals surface area contributed by atoms with Gasteiger partial charge in [0.2, 0.25) is 0 Å². The molecule has 0 saturated carbocycles. The van der Waals surface area contributed by atoms with Gasteiger partial charge in [0.05, 0.1) is 0 Å². The van der Waals surface area contributed by atoms with E-state index in [4.69, 9.17) is 11.6 Å². The molecule has 0 aromatic heterocycles. The third-order valence-corrected chi connectivity index (χ3v) is 2.79. The first-order valence-corrected chi connectivity index (χ1v) is 4.51. The van der Waals surface area contributed by atoms with Gasteiger partial charge in [0.1, 0.15) is 0 Å². The first-order chi connectivity index (χ1) is 4.75. The Morgan fingerprint density at radius 2 is 2.30 bits per heavy atom. The zero-order valence-corrected chi connectivity index (χ0v) is 7.54. The molecule has 1 aliphatic carbocycles. The highest BCUT2D eigenvalue weighted by Crippen LogP contribution is 2.33. The number of halogens is 1. The first-order valence-electron chi connectivity index (χ1n) is 4.13. The molecule has 0 fully saturated rings. The van der Waals surface area contributed by atoms with Crippen molar-refractivity contribution in [2.45, 2.75) is 39.5 Å². The normalized spacial score (nSPS) is 27.3. The molecule has 1 aliphatic rings. The maximum atomic E-state index is 6.06. The lowest BCUT2D eigenvalue weighted by molar-refractivity contribution is 0.532. The van der Waals surface area contributed by atoms with E-state index in [0.717, 1.165) is 23.8 Å². The second-order valence-corrected chi connectivity index (χ2v) is 3.53. The van der Waals surface area contributed by atoms with Gasteiger partial charge in [-0.3, -0.25) is 0 Å². The maximum absolute atomic E-state index is 6.06. The second-order valence-electron chi connectivity index (χ2n) is 3.08. The van der Waals surface area contributed by atoms with Crippen molar-refractivity contribution in [2.75, 3.05) is 0 Å². The summed E-state index contributed by atoms with van der Waals surface area (Å²) in [4.78, 5) is 0. The molecule has 1 heteroatoms. The van der Waals surface area contributed by atoms with Gasteiger partial charge in [-0.25, -0.2) is 0 Å². The molecule has 1 rings (SSSR count). The Morgan fingerprint density at radius 1 is 1.60 bits per heavy atom. The zero-order valence-electron chi connectivity index (χ0n) is 6.78. The summed E-state index contributed by atoms with van der Waals surface area (Å²) >= 11 is 6.06. The molecule has 0 bridgehead atoms. The van der Waals surface area contributed by atoms with E-state index in [1.807, 2.05) is 0 Å². The highest BCUT2D eigenvalue weighted by Gasteiger charge is 2.15. The van der Waals surface area contributed by atoms with Crippen LogP contribution in [0.1, 0.15) is 39.5 Å². The smallest absolute Gasteiger partial charge is 0.0175 e. The number of allylic oxidation sites excluding steroid dienone is 2. The summed E-state index contributed by atoms with van der Waals surface area (Å²) in [7, 11) is 0. The van der Waals surface area contributed by atoms with Gasteiger partial charge in [0.25, 0.3) is 0 Å². The molecule has 0 spiro atoms. The van der Waals surface area contributed by atoms with Crippen molar-refractivity contribution in [2.24, 2.45) is 5.92 Å². The van der Waals surface area contributed by atoms with Gasteiger partial charge in [-0.2, -0.15) is 0 Å². The van der Waals surface area contributed by atoms with E-state index in [2.05, 4.69) is 13.8 Å². The first kappa shape index (κ1) is 8.13. The molecule has 0 amide bonds. The third kappa shape index (κ3) is 1.54. The minimum Gasteiger partial charge on any atom is -0.0892 e. The predicted molar refractivity (Wildman–Crippen MR) is 46.2 cm³/mol. The van der Waals surface area contributed by atoms with Gasteiger partial charge in [-0.15, -0.1) is 0 Å². The number of rotatable bonds is 1. The van der Waals surface area contributed by atoms with Gasteiger partial charge < -0.3 is 0 Å². The molecule has 0 radical (unpaired) electrons. The molecular formula is C9H15Cl. The van der Waals surface area contributed by atoms with E-state index in [1.54, 1.807) is 0 Å². The van der Waals surface area contributed by atoms with Gasteiger partial charge in [-0.05, 0) is 31.6 Å². The third-order valence-electron chi connectivity index (χ3n) is 2.36. The largest absolute Gasteiger partial charge is 0.0892 e. The fourth-order valence-corrected chi connectivity index (χ4v) is 2.16. The summed E-state index contributed by atoms with van der Waals surface area (Å²) in [6.07, 6.45) is 4.87. The van der Waals surface area contributed by atoms with Gasteiger partial charge in [0, 0.05) is 5.03 Å². The Bertz CT molecular complexity index is 147. The highest BCUT2D eigenvalue weighted by atomic mass is 35.5. The standard InChI is InChI=1S/C9H15Cl/c1-3-8-7(2)5-4-6-9(8)10/h7H,3-6H2,1-2H3/t7-/m0/s1. The van der Waals surface area contributed by atoms with E-state index in [0.29, 0.717) is 0 Å². The molecular weight excluding hydrogens is 144 g/mol. The van der Waals surface area contributed by atoms with Crippen LogP contribution in [0.15, 0.2) is 10.6 Å². The SMILES string of the molecule is CCC1=C(Cl)CCC[C@@H]1C. The van der Waals surface area contributed by atoms with Crippen molar-refractivity contribution in [3.05, 3.63) is 10.6 Å². The predicted octanol–water partition coefficient (Wildman–Crippen LogP) is 3.71. The van der Waals surface area contributed by atoms with Crippen LogP contribution in [-0.2, 0) is 0 Å². The summed E-state index contributed by atoms with van der Waals surface area (Å²) in [5, 5.41) is 1.14. The van der Waals surface area contributed by atoms with Crippen LogP contribution in [0.2, 0.25) is 0 Å². The molecule has 0 N–H and O–H groups in total. The minimum absolute atomic E-state index is 0.742.